The highest BCUT2D eigenvalue weighted by Crippen LogP contribution is 2.27. The molecule has 0 saturated heterocycles. The average Bonchev–Trinajstić information content (AvgIpc) is 2.24. The Balaban J connectivity index is 2.62. The third kappa shape index (κ3) is 5.94. The Kier molecular flexibility index (Phi) is 6.51. The lowest BCUT2D eigenvalue weighted by molar-refractivity contribution is 0.227. The first kappa shape index (κ1) is 17.2. The maximum Gasteiger partial charge on any atom is 0.0303 e. The quantitative estimate of drug-likeness (QED) is 0.770. The summed E-state index contributed by atoms with van der Waals surface area (Å²) in [5, 5.41) is 3.63. The van der Waals surface area contributed by atoms with Crippen LogP contribution in [0.3, 0.4) is 0 Å². The highest BCUT2D eigenvalue weighted by atomic mass is 79.9. The van der Waals surface area contributed by atoms with Crippen molar-refractivity contribution in [1.82, 2.24) is 10.2 Å². The number of rotatable bonds is 6. The van der Waals surface area contributed by atoms with E-state index in [1.165, 1.54) is 5.56 Å². The summed E-state index contributed by atoms with van der Waals surface area (Å²) in [6.45, 7) is 8.87. The molecule has 2 nitrogen and oxygen atoms in total. The van der Waals surface area contributed by atoms with E-state index in [1.54, 1.807) is 0 Å². The molecule has 0 bridgehead atoms. The lowest BCUT2D eigenvalue weighted by atomic mass is 9.92. The average molecular weight is 392 g/mol. The molecule has 0 spiro atoms. The van der Waals surface area contributed by atoms with Crippen molar-refractivity contribution < 1.29 is 0 Å². The molecule has 0 aliphatic carbocycles. The molecule has 0 heterocycles. The Morgan fingerprint density at radius 1 is 1.26 bits per heavy atom. The second-order valence-electron chi connectivity index (χ2n) is 6.17. The molecule has 4 heteroatoms. The zero-order chi connectivity index (χ0) is 14.6. The fraction of sp³-hybridized carbons (Fsp3) is 0.600. The first-order valence-electron chi connectivity index (χ1n) is 6.54. The minimum Gasteiger partial charge on any atom is -0.310 e. The van der Waals surface area contributed by atoms with Gasteiger partial charge in [-0.2, -0.15) is 0 Å². The summed E-state index contributed by atoms with van der Waals surface area (Å²) in [4.78, 5) is 2.24. The summed E-state index contributed by atoms with van der Waals surface area (Å²) in [7, 11) is 4.24. The zero-order valence-electron chi connectivity index (χ0n) is 12.4. The van der Waals surface area contributed by atoms with Crippen molar-refractivity contribution in [2.45, 2.75) is 26.8 Å². The summed E-state index contributed by atoms with van der Waals surface area (Å²) in [6.07, 6.45) is 0. The van der Waals surface area contributed by atoms with E-state index >= 15 is 0 Å². The number of nitrogens with one attached hydrogen (secondary N) is 1. The molecule has 0 saturated carbocycles. The lowest BCUT2D eigenvalue weighted by Gasteiger charge is -2.30. The summed E-state index contributed by atoms with van der Waals surface area (Å²) < 4.78 is 2.25. The molecule has 1 rings (SSSR count). The van der Waals surface area contributed by atoms with Crippen LogP contribution in [0.25, 0.3) is 0 Å². The molecule has 0 fully saturated rings. The van der Waals surface area contributed by atoms with Crippen LogP contribution in [0.5, 0.6) is 0 Å². The molecule has 0 aromatic heterocycles. The lowest BCUT2D eigenvalue weighted by Crippen LogP contribution is -2.38. The van der Waals surface area contributed by atoms with Gasteiger partial charge in [-0.3, -0.25) is 0 Å². The van der Waals surface area contributed by atoms with Gasteiger partial charge in [0.25, 0.3) is 0 Å². The van der Waals surface area contributed by atoms with Gasteiger partial charge in [-0.1, -0.05) is 51.8 Å². The van der Waals surface area contributed by atoms with Crippen LogP contribution < -0.4 is 5.32 Å². The van der Waals surface area contributed by atoms with Crippen molar-refractivity contribution in [1.29, 1.82) is 0 Å². The number of nitrogens with zero attached hydrogens (tertiary/aromatic N) is 1. The van der Waals surface area contributed by atoms with Crippen LogP contribution in [0.15, 0.2) is 27.1 Å². The first-order valence-corrected chi connectivity index (χ1v) is 8.13. The van der Waals surface area contributed by atoms with Crippen LogP contribution in [-0.4, -0.2) is 32.1 Å². The molecule has 1 atom stereocenters. The Morgan fingerprint density at radius 2 is 1.89 bits per heavy atom. The predicted octanol–water partition coefficient (Wildman–Crippen LogP) is 4.45. The van der Waals surface area contributed by atoms with E-state index in [2.05, 4.69) is 95.1 Å². The fourth-order valence-corrected chi connectivity index (χ4v) is 3.69. The molecule has 0 amide bonds. The molecule has 108 valence electrons. The van der Waals surface area contributed by atoms with E-state index < -0.39 is 0 Å². The van der Waals surface area contributed by atoms with Crippen molar-refractivity contribution in [2.24, 2.45) is 5.41 Å². The van der Waals surface area contributed by atoms with Gasteiger partial charge < -0.3 is 10.2 Å². The van der Waals surface area contributed by atoms with E-state index in [0.717, 1.165) is 22.0 Å². The topological polar surface area (TPSA) is 15.3 Å². The summed E-state index contributed by atoms with van der Waals surface area (Å²) in [5.41, 5.74) is 1.56. The minimum absolute atomic E-state index is 0.263. The van der Waals surface area contributed by atoms with Crippen molar-refractivity contribution in [3.63, 3.8) is 0 Å². The van der Waals surface area contributed by atoms with Crippen LogP contribution >= 0.6 is 31.9 Å². The van der Waals surface area contributed by atoms with Crippen molar-refractivity contribution in [2.75, 3.05) is 27.2 Å². The normalized spacial score (nSPS) is 13.9. The Morgan fingerprint density at radius 3 is 2.42 bits per heavy atom. The van der Waals surface area contributed by atoms with Gasteiger partial charge in [0.1, 0.15) is 0 Å². The second-order valence-corrected chi connectivity index (χ2v) is 7.94. The highest BCUT2D eigenvalue weighted by Gasteiger charge is 2.20. The molecule has 0 radical (unpaired) electrons. The number of benzene rings is 1. The summed E-state index contributed by atoms with van der Waals surface area (Å²) in [6, 6.07) is 6.68. The van der Waals surface area contributed by atoms with E-state index in [4.69, 9.17) is 0 Å². The number of hydrogen-bond donors (Lipinski definition) is 1. The Labute approximate surface area is 134 Å². The van der Waals surface area contributed by atoms with Gasteiger partial charge in [-0.05, 0) is 44.1 Å². The SMILES string of the molecule is CC(NCC(C)(C)CN(C)C)c1ccc(Br)cc1Br. The second kappa shape index (κ2) is 7.21. The molecule has 19 heavy (non-hydrogen) atoms. The molecule has 1 aromatic rings. The van der Waals surface area contributed by atoms with Crippen molar-refractivity contribution >= 4 is 31.9 Å². The first-order chi connectivity index (χ1) is 8.71. The van der Waals surface area contributed by atoms with Gasteiger partial charge in [0, 0.05) is 28.1 Å². The molecule has 1 N–H and O–H groups in total. The standard InChI is InChI=1S/C15H24Br2N2/c1-11(13-7-6-12(16)8-14(13)17)18-9-15(2,3)10-19(4)5/h6-8,11,18H,9-10H2,1-5H3. The van der Waals surface area contributed by atoms with Gasteiger partial charge in [0.15, 0.2) is 0 Å². The van der Waals surface area contributed by atoms with E-state index in [0.29, 0.717) is 6.04 Å². The molecule has 0 aliphatic rings. The third-order valence-electron chi connectivity index (χ3n) is 3.06. The van der Waals surface area contributed by atoms with Gasteiger partial charge in [-0.15, -0.1) is 0 Å². The van der Waals surface area contributed by atoms with Gasteiger partial charge in [0.2, 0.25) is 0 Å². The van der Waals surface area contributed by atoms with E-state index in [9.17, 15) is 0 Å². The van der Waals surface area contributed by atoms with Crippen LogP contribution in [0.2, 0.25) is 0 Å². The molecule has 1 aromatic carbocycles. The minimum atomic E-state index is 0.263. The molecular formula is C15H24Br2N2. The largest absolute Gasteiger partial charge is 0.310 e. The van der Waals surface area contributed by atoms with Crippen LogP contribution in [0.4, 0.5) is 0 Å². The van der Waals surface area contributed by atoms with Gasteiger partial charge in [0.05, 0.1) is 0 Å². The fourth-order valence-electron chi connectivity index (χ4n) is 2.30. The van der Waals surface area contributed by atoms with Crippen molar-refractivity contribution in [3.05, 3.63) is 32.7 Å². The maximum atomic E-state index is 3.63. The molecular weight excluding hydrogens is 368 g/mol. The van der Waals surface area contributed by atoms with Gasteiger partial charge >= 0.3 is 0 Å². The van der Waals surface area contributed by atoms with Gasteiger partial charge in [-0.25, -0.2) is 0 Å². The van der Waals surface area contributed by atoms with Crippen molar-refractivity contribution in [3.8, 4) is 0 Å². The Hall–Kier alpha value is 0.1000. The predicted molar refractivity (Wildman–Crippen MR) is 90.6 cm³/mol. The zero-order valence-corrected chi connectivity index (χ0v) is 15.6. The van der Waals surface area contributed by atoms with Crippen LogP contribution in [-0.2, 0) is 0 Å². The number of halogens is 2. The highest BCUT2D eigenvalue weighted by molar-refractivity contribution is 9.11. The smallest absolute Gasteiger partial charge is 0.0303 e. The third-order valence-corrected chi connectivity index (χ3v) is 4.24. The summed E-state index contributed by atoms with van der Waals surface area (Å²) >= 11 is 7.12. The van der Waals surface area contributed by atoms with Crippen LogP contribution in [0, 0.1) is 5.41 Å². The van der Waals surface area contributed by atoms with E-state index in [1.807, 2.05) is 0 Å². The monoisotopic (exact) mass is 390 g/mol. The summed E-state index contributed by atoms with van der Waals surface area (Å²) in [5.74, 6) is 0. The van der Waals surface area contributed by atoms with Crippen LogP contribution in [0.1, 0.15) is 32.4 Å². The molecule has 0 aliphatic heterocycles. The van der Waals surface area contributed by atoms with E-state index in [-0.39, 0.29) is 5.41 Å². The molecule has 1 unspecified atom stereocenters. The Bertz CT molecular complexity index is 417. The maximum absolute atomic E-state index is 3.63. The number of hydrogen-bond acceptors (Lipinski definition) is 2.